The SMILES string of the molecule is Oc1ccc2c(c1)C(N1CCC[C@H]3CCCC[C@H]31)CCC2. The molecule has 1 unspecified atom stereocenters. The van der Waals surface area contributed by atoms with Gasteiger partial charge >= 0.3 is 0 Å². The summed E-state index contributed by atoms with van der Waals surface area (Å²) in [5, 5.41) is 9.92. The number of benzene rings is 1. The van der Waals surface area contributed by atoms with Gasteiger partial charge in [0.15, 0.2) is 0 Å². The molecule has 1 saturated carbocycles. The summed E-state index contributed by atoms with van der Waals surface area (Å²) in [5.74, 6) is 1.38. The van der Waals surface area contributed by atoms with Gasteiger partial charge in [0.2, 0.25) is 0 Å². The van der Waals surface area contributed by atoms with Crippen LogP contribution in [0, 0.1) is 5.92 Å². The second-order valence-corrected chi connectivity index (χ2v) is 7.28. The number of hydrogen-bond acceptors (Lipinski definition) is 2. The third kappa shape index (κ3) is 2.48. The lowest BCUT2D eigenvalue weighted by Gasteiger charge is -2.49. The van der Waals surface area contributed by atoms with E-state index in [2.05, 4.69) is 11.0 Å². The summed E-state index contributed by atoms with van der Waals surface area (Å²) in [6.07, 6.45) is 12.3. The maximum Gasteiger partial charge on any atom is 0.115 e. The zero-order chi connectivity index (χ0) is 14.2. The zero-order valence-electron chi connectivity index (χ0n) is 12.9. The molecule has 1 heterocycles. The molecule has 1 N–H and O–H groups in total. The Hall–Kier alpha value is -1.02. The van der Waals surface area contributed by atoms with Gasteiger partial charge < -0.3 is 5.11 Å². The number of aryl methyl sites for hydroxylation is 1. The van der Waals surface area contributed by atoms with E-state index in [1.165, 1.54) is 75.5 Å². The largest absolute Gasteiger partial charge is 0.508 e. The Morgan fingerprint density at radius 2 is 1.81 bits per heavy atom. The zero-order valence-corrected chi connectivity index (χ0v) is 12.9. The number of rotatable bonds is 1. The number of fused-ring (bicyclic) bond motifs is 2. The maximum atomic E-state index is 9.92. The van der Waals surface area contributed by atoms with Gasteiger partial charge in [0.25, 0.3) is 0 Å². The van der Waals surface area contributed by atoms with Gasteiger partial charge in [0.1, 0.15) is 5.75 Å². The van der Waals surface area contributed by atoms with Gasteiger partial charge in [-0.3, -0.25) is 4.90 Å². The van der Waals surface area contributed by atoms with E-state index in [9.17, 15) is 5.11 Å². The summed E-state index contributed by atoms with van der Waals surface area (Å²) >= 11 is 0. The number of phenolic OH excluding ortho intramolecular Hbond substituents is 1. The number of nitrogens with zero attached hydrogens (tertiary/aromatic N) is 1. The Balaban J connectivity index is 1.65. The van der Waals surface area contributed by atoms with Crippen LogP contribution in [0.15, 0.2) is 18.2 Å². The second kappa shape index (κ2) is 5.64. The Morgan fingerprint density at radius 1 is 0.952 bits per heavy atom. The van der Waals surface area contributed by atoms with Crippen molar-refractivity contribution in [2.75, 3.05) is 6.54 Å². The molecule has 2 nitrogen and oxygen atoms in total. The Bertz CT molecular complexity index is 510. The minimum atomic E-state index is 0.442. The molecule has 2 fully saturated rings. The first-order valence-electron chi connectivity index (χ1n) is 8.90. The smallest absolute Gasteiger partial charge is 0.115 e. The van der Waals surface area contributed by atoms with Crippen molar-refractivity contribution in [3.63, 3.8) is 0 Å². The van der Waals surface area contributed by atoms with E-state index in [0.717, 1.165) is 12.0 Å². The fourth-order valence-electron chi connectivity index (χ4n) is 5.16. The molecule has 4 rings (SSSR count). The molecule has 2 aliphatic carbocycles. The molecule has 1 aliphatic heterocycles. The first-order chi connectivity index (χ1) is 10.3. The van der Waals surface area contributed by atoms with E-state index in [1.54, 1.807) is 0 Å². The third-order valence-electron chi connectivity index (χ3n) is 6.10. The monoisotopic (exact) mass is 285 g/mol. The first kappa shape index (κ1) is 13.6. The van der Waals surface area contributed by atoms with Crippen molar-refractivity contribution in [3.05, 3.63) is 29.3 Å². The average molecular weight is 285 g/mol. The van der Waals surface area contributed by atoms with Crippen LogP contribution in [0.25, 0.3) is 0 Å². The number of aromatic hydroxyl groups is 1. The molecule has 3 aliphatic rings. The average Bonchev–Trinajstić information content (AvgIpc) is 2.54. The predicted molar refractivity (Wildman–Crippen MR) is 85.5 cm³/mol. The molecule has 0 radical (unpaired) electrons. The van der Waals surface area contributed by atoms with Crippen molar-refractivity contribution < 1.29 is 5.11 Å². The van der Waals surface area contributed by atoms with Crippen molar-refractivity contribution in [1.29, 1.82) is 0 Å². The summed E-state index contributed by atoms with van der Waals surface area (Å²) in [7, 11) is 0. The lowest BCUT2D eigenvalue weighted by molar-refractivity contribution is 0.0190. The van der Waals surface area contributed by atoms with Crippen molar-refractivity contribution in [3.8, 4) is 5.75 Å². The highest BCUT2D eigenvalue weighted by Crippen LogP contribution is 2.43. The number of phenols is 1. The molecule has 3 atom stereocenters. The minimum absolute atomic E-state index is 0.442. The van der Waals surface area contributed by atoms with Gasteiger partial charge in [-0.2, -0.15) is 0 Å². The van der Waals surface area contributed by atoms with Gasteiger partial charge in [-0.15, -0.1) is 0 Å². The standard InChI is InChI=1S/C19H27NO/c21-16-11-10-14-6-3-9-19(17(14)13-16)20-12-4-7-15-5-1-2-8-18(15)20/h10-11,13,15,18-19,21H,1-9,12H2/t15-,18-,19?/m1/s1. The lowest BCUT2D eigenvalue weighted by Crippen LogP contribution is -2.48. The predicted octanol–water partition coefficient (Wildman–Crippen LogP) is 4.42. The molecule has 114 valence electrons. The summed E-state index contributed by atoms with van der Waals surface area (Å²) in [6, 6.07) is 7.43. The maximum absolute atomic E-state index is 9.92. The van der Waals surface area contributed by atoms with Crippen molar-refractivity contribution in [2.24, 2.45) is 5.92 Å². The van der Waals surface area contributed by atoms with Crippen molar-refractivity contribution in [1.82, 2.24) is 4.90 Å². The topological polar surface area (TPSA) is 23.5 Å². The molecular weight excluding hydrogens is 258 g/mol. The Kier molecular flexibility index (Phi) is 3.66. The highest BCUT2D eigenvalue weighted by Gasteiger charge is 2.38. The van der Waals surface area contributed by atoms with Crippen molar-refractivity contribution >= 4 is 0 Å². The summed E-state index contributed by atoms with van der Waals surface area (Å²) in [5.41, 5.74) is 2.90. The van der Waals surface area contributed by atoms with E-state index >= 15 is 0 Å². The second-order valence-electron chi connectivity index (χ2n) is 7.28. The normalized spacial score (nSPS) is 33.2. The first-order valence-corrected chi connectivity index (χ1v) is 8.90. The van der Waals surface area contributed by atoms with E-state index in [-0.39, 0.29) is 0 Å². The number of likely N-dealkylation sites (tertiary alicyclic amines) is 1. The molecule has 1 saturated heterocycles. The molecule has 0 bridgehead atoms. The van der Waals surface area contributed by atoms with Crippen LogP contribution < -0.4 is 0 Å². The fraction of sp³-hybridized carbons (Fsp3) is 0.684. The molecule has 0 amide bonds. The molecule has 0 spiro atoms. The molecular formula is C19H27NO. The van der Waals surface area contributed by atoms with Crippen LogP contribution in [-0.2, 0) is 6.42 Å². The van der Waals surface area contributed by atoms with Crippen LogP contribution in [0.1, 0.15) is 68.5 Å². The van der Waals surface area contributed by atoms with E-state index in [0.29, 0.717) is 11.8 Å². The van der Waals surface area contributed by atoms with Gasteiger partial charge in [-0.25, -0.2) is 0 Å². The number of hydrogen-bond donors (Lipinski definition) is 1. The molecule has 1 aromatic carbocycles. The fourth-order valence-corrected chi connectivity index (χ4v) is 5.16. The van der Waals surface area contributed by atoms with Gasteiger partial charge in [0.05, 0.1) is 0 Å². The Morgan fingerprint density at radius 3 is 2.76 bits per heavy atom. The highest BCUT2D eigenvalue weighted by molar-refractivity contribution is 5.38. The Labute approximate surface area is 128 Å². The quantitative estimate of drug-likeness (QED) is 0.825. The summed E-state index contributed by atoms with van der Waals surface area (Å²) < 4.78 is 0. The van der Waals surface area contributed by atoms with Gasteiger partial charge in [-0.05, 0) is 80.7 Å². The van der Waals surface area contributed by atoms with Crippen molar-refractivity contribution in [2.45, 2.75) is 69.9 Å². The summed E-state index contributed by atoms with van der Waals surface area (Å²) in [6.45, 7) is 1.26. The van der Waals surface area contributed by atoms with Crippen LogP contribution in [0.5, 0.6) is 5.75 Å². The van der Waals surface area contributed by atoms with Crippen LogP contribution in [0.4, 0.5) is 0 Å². The lowest BCUT2D eigenvalue weighted by atomic mass is 9.76. The minimum Gasteiger partial charge on any atom is -0.508 e. The van der Waals surface area contributed by atoms with Crippen LogP contribution in [0.3, 0.4) is 0 Å². The molecule has 0 aromatic heterocycles. The third-order valence-corrected chi connectivity index (χ3v) is 6.10. The van der Waals surface area contributed by atoms with E-state index < -0.39 is 0 Å². The van der Waals surface area contributed by atoms with Crippen LogP contribution >= 0.6 is 0 Å². The molecule has 2 heteroatoms. The van der Waals surface area contributed by atoms with Crippen LogP contribution in [0.2, 0.25) is 0 Å². The summed E-state index contributed by atoms with van der Waals surface area (Å²) in [4.78, 5) is 2.82. The molecule has 1 aromatic rings. The van der Waals surface area contributed by atoms with E-state index in [4.69, 9.17) is 0 Å². The van der Waals surface area contributed by atoms with Gasteiger partial charge in [-0.1, -0.05) is 18.9 Å². The van der Waals surface area contributed by atoms with E-state index in [1.807, 2.05) is 12.1 Å². The highest BCUT2D eigenvalue weighted by atomic mass is 16.3. The molecule has 21 heavy (non-hydrogen) atoms. The van der Waals surface area contributed by atoms with Gasteiger partial charge in [0, 0.05) is 12.1 Å². The van der Waals surface area contributed by atoms with Crippen LogP contribution in [-0.4, -0.2) is 22.6 Å². The number of piperidine rings is 1.